The van der Waals surface area contributed by atoms with Gasteiger partial charge < -0.3 is 15.5 Å². The molecule has 19 heavy (non-hydrogen) atoms. The number of rotatable bonds is 2. The summed E-state index contributed by atoms with van der Waals surface area (Å²) in [5, 5.41) is 0.924. The molecule has 0 saturated heterocycles. The summed E-state index contributed by atoms with van der Waals surface area (Å²) < 4.78 is 6.25. The van der Waals surface area contributed by atoms with Crippen LogP contribution in [0.3, 0.4) is 0 Å². The SMILES string of the molecule is CC(C)(C)OC(=O)C(N)c1c[nH]c2ccc(Br)cc12. The summed E-state index contributed by atoms with van der Waals surface area (Å²) >= 11 is 3.42. The van der Waals surface area contributed by atoms with Crippen molar-refractivity contribution in [2.45, 2.75) is 32.4 Å². The molecule has 0 aliphatic rings. The molecule has 0 aliphatic carbocycles. The van der Waals surface area contributed by atoms with Crippen molar-refractivity contribution in [2.75, 3.05) is 0 Å². The molecule has 3 N–H and O–H groups in total. The molecule has 0 spiro atoms. The van der Waals surface area contributed by atoms with Gasteiger partial charge >= 0.3 is 5.97 Å². The Balaban J connectivity index is 2.33. The number of esters is 1. The summed E-state index contributed by atoms with van der Waals surface area (Å²) in [5.74, 6) is -0.423. The highest BCUT2D eigenvalue weighted by Gasteiger charge is 2.25. The Hall–Kier alpha value is -1.33. The van der Waals surface area contributed by atoms with Gasteiger partial charge in [-0.15, -0.1) is 0 Å². The zero-order valence-corrected chi connectivity index (χ0v) is 12.7. The quantitative estimate of drug-likeness (QED) is 0.833. The first-order valence-corrected chi connectivity index (χ1v) is 6.82. The topological polar surface area (TPSA) is 68.1 Å². The zero-order valence-electron chi connectivity index (χ0n) is 11.2. The van der Waals surface area contributed by atoms with Crippen LogP contribution in [0.1, 0.15) is 32.4 Å². The third kappa shape index (κ3) is 3.16. The molecule has 2 rings (SSSR count). The van der Waals surface area contributed by atoms with Gasteiger partial charge in [0.1, 0.15) is 11.6 Å². The van der Waals surface area contributed by atoms with Crippen molar-refractivity contribution in [1.82, 2.24) is 4.98 Å². The largest absolute Gasteiger partial charge is 0.459 e. The average Bonchev–Trinajstić information content (AvgIpc) is 2.68. The Bertz CT molecular complexity index is 613. The number of fused-ring (bicyclic) bond motifs is 1. The molecule has 1 unspecified atom stereocenters. The second-order valence-electron chi connectivity index (χ2n) is 5.45. The molecule has 0 fully saturated rings. The van der Waals surface area contributed by atoms with Crippen molar-refractivity contribution >= 4 is 32.8 Å². The smallest absolute Gasteiger partial charge is 0.328 e. The zero-order chi connectivity index (χ0) is 14.2. The van der Waals surface area contributed by atoms with E-state index in [1.54, 1.807) is 6.20 Å². The third-order valence-corrected chi connectivity index (χ3v) is 3.16. The first kappa shape index (κ1) is 14.1. The molecule has 0 amide bonds. The van der Waals surface area contributed by atoms with Gasteiger partial charge in [0.2, 0.25) is 0 Å². The fourth-order valence-electron chi connectivity index (χ4n) is 1.86. The van der Waals surface area contributed by atoms with E-state index in [2.05, 4.69) is 20.9 Å². The third-order valence-electron chi connectivity index (χ3n) is 2.67. The van der Waals surface area contributed by atoms with Gasteiger partial charge in [0, 0.05) is 27.1 Å². The molecule has 0 bridgehead atoms. The number of carbonyl (C=O) groups excluding carboxylic acids is 1. The summed E-state index contributed by atoms with van der Waals surface area (Å²) in [7, 11) is 0. The van der Waals surface area contributed by atoms with Gasteiger partial charge in [-0.25, -0.2) is 4.79 Å². The molecule has 0 aliphatic heterocycles. The first-order chi connectivity index (χ1) is 8.78. The predicted octanol–water partition coefficient (Wildman–Crippen LogP) is 3.27. The molecule has 0 saturated carbocycles. The monoisotopic (exact) mass is 324 g/mol. The Morgan fingerprint density at radius 2 is 2.11 bits per heavy atom. The predicted molar refractivity (Wildman–Crippen MR) is 78.8 cm³/mol. The van der Waals surface area contributed by atoms with E-state index in [4.69, 9.17) is 10.5 Å². The van der Waals surface area contributed by atoms with E-state index in [1.807, 2.05) is 39.0 Å². The molecule has 1 aromatic carbocycles. The highest BCUT2D eigenvalue weighted by Crippen LogP contribution is 2.27. The van der Waals surface area contributed by atoms with Crippen LogP contribution in [-0.4, -0.2) is 16.6 Å². The molecule has 102 valence electrons. The van der Waals surface area contributed by atoms with Crippen LogP contribution in [0, 0.1) is 0 Å². The Morgan fingerprint density at radius 3 is 2.74 bits per heavy atom. The molecule has 1 atom stereocenters. The van der Waals surface area contributed by atoms with Crippen LogP contribution >= 0.6 is 15.9 Å². The van der Waals surface area contributed by atoms with E-state index >= 15 is 0 Å². The van der Waals surface area contributed by atoms with Crippen LogP contribution in [0.5, 0.6) is 0 Å². The maximum absolute atomic E-state index is 12.0. The standard InChI is InChI=1S/C14H17BrN2O2/c1-14(2,3)19-13(18)12(16)10-7-17-11-5-4-8(15)6-9(10)11/h4-7,12,17H,16H2,1-3H3. The number of hydrogen-bond donors (Lipinski definition) is 2. The number of aromatic amines is 1. The van der Waals surface area contributed by atoms with Crippen LogP contribution in [0.4, 0.5) is 0 Å². The number of ether oxygens (including phenoxy) is 1. The van der Waals surface area contributed by atoms with Crippen molar-refractivity contribution in [1.29, 1.82) is 0 Å². The fraction of sp³-hybridized carbons (Fsp3) is 0.357. The van der Waals surface area contributed by atoms with E-state index in [0.717, 1.165) is 20.9 Å². The summed E-state index contributed by atoms with van der Waals surface area (Å²) in [6.45, 7) is 5.47. The summed E-state index contributed by atoms with van der Waals surface area (Å²) in [4.78, 5) is 15.1. The first-order valence-electron chi connectivity index (χ1n) is 6.03. The van der Waals surface area contributed by atoms with Gasteiger partial charge in [0.05, 0.1) is 0 Å². The van der Waals surface area contributed by atoms with E-state index in [1.165, 1.54) is 0 Å². The second-order valence-corrected chi connectivity index (χ2v) is 6.36. The average molecular weight is 325 g/mol. The van der Waals surface area contributed by atoms with Gasteiger partial charge in [-0.3, -0.25) is 0 Å². The highest BCUT2D eigenvalue weighted by molar-refractivity contribution is 9.10. The maximum Gasteiger partial charge on any atom is 0.328 e. The molecule has 1 aromatic heterocycles. The summed E-state index contributed by atoms with van der Waals surface area (Å²) in [6.07, 6.45) is 1.76. The van der Waals surface area contributed by atoms with E-state index in [-0.39, 0.29) is 0 Å². The van der Waals surface area contributed by atoms with Gasteiger partial charge in [-0.2, -0.15) is 0 Å². The molecule has 5 heteroatoms. The molecule has 0 radical (unpaired) electrons. The van der Waals surface area contributed by atoms with Crippen LogP contribution in [0.25, 0.3) is 10.9 Å². The van der Waals surface area contributed by atoms with E-state index in [0.29, 0.717) is 0 Å². The summed E-state index contributed by atoms with van der Waals surface area (Å²) in [6, 6.07) is 5.01. The number of carbonyl (C=O) groups is 1. The van der Waals surface area contributed by atoms with Gasteiger partial charge in [0.25, 0.3) is 0 Å². The van der Waals surface area contributed by atoms with Gasteiger partial charge in [-0.05, 0) is 39.0 Å². The van der Waals surface area contributed by atoms with Gasteiger partial charge in [0.15, 0.2) is 0 Å². The molecule has 1 heterocycles. The minimum absolute atomic E-state index is 0.423. The van der Waals surface area contributed by atoms with Crippen LogP contribution < -0.4 is 5.73 Å². The minimum Gasteiger partial charge on any atom is -0.459 e. The van der Waals surface area contributed by atoms with Crippen LogP contribution in [-0.2, 0) is 9.53 Å². The molecular weight excluding hydrogens is 308 g/mol. The van der Waals surface area contributed by atoms with Crippen molar-refractivity contribution in [3.05, 3.63) is 34.4 Å². The number of halogens is 1. The molecule has 4 nitrogen and oxygen atoms in total. The highest BCUT2D eigenvalue weighted by atomic mass is 79.9. The van der Waals surface area contributed by atoms with Gasteiger partial charge in [-0.1, -0.05) is 15.9 Å². The van der Waals surface area contributed by atoms with Crippen molar-refractivity contribution in [3.63, 3.8) is 0 Å². The Kier molecular flexibility index (Phi) is 3.69. The van der Waals surface area contributed by atoms with E-state index in [9.17, 15) is 4.79 Å². The van der Waals surface area contributed by atoms with Crippen LogP contribution in [0.15, 0.2) is 28.9 Å². The number of hydrogen-bond acceptors (Lipinski definition) is 3. The van der Waals surface area contributed by atoms with Crippen molar-refractivity contribution in [2.24, 2.45) is 5.73 Å². The lowest BCUT2D eigenvalue weighted by atomic mass is 10.1. The number of nitrogens with two attached hydrogens (primary N) is 1. The summed E-state index contributed by atoms with van der Waals surface area (Å²) in [5.41, 5.74) is 7.14. The number of nitrogens with one attached hydrogen (secondary N) is 1. The lowest BCUT2D eigenvalue weighted by Crippen LogP contribution is -2.31. The fourth-order valence-corrected chi connectivity index (χ4v) is 2.23. The Labute approximate surface area is 120 Å². The molecule has 2 aromatic rings. The van der Waals surface area contributed by atoms with Crippen LogP contribution in [0.2, 0.25) is 0 Å². The lowest BCUT2D eigenvalue weighted by molar-refractivity contribution is -0.156. The number of H-pyrrole nitrogens is 1. The molecular formula is C14H17BrN2O2. The normalized spacial score (nSPS) is 13.5. The Morgan fingerprint density at radius 1 is 1.42 bits per heavy atom. The minimum atomic E-state index is -0.790. The maximum atomic E-state index is 12.0. The number of aromatic nitrogens is 1. The van der Waals surface area contributed by atoms with Crippen molar-refractivity contribution < 1.29 is 9.53 Å². The second kappa shape index (κ2) is 4.98. The van der Waals surface area contributed by atoms with Crippen molar-refractivity contribution in [3.8, 4) is 0 Å². The van der Waals surface area contributed by atoms with E-state index < -0.39 is 17.6 Å². The lowest BCUT2D eigenvalue weighted by Gasteiger charge is -2.22. The number of benzene rings is 1.